The van der Waals surface area contributed by atoms with Gasteiger partial charge in [0.05, 0.1) is 4.47 Å². The lowest BCUT2D eigenvalue weighted by Crippen LogP contribution is -2.19. The average Bonchev–Trinajstić information content (AvgIpc) is 2.55. The van der Waals surface area contributed by atoms with Gasteiger partial charge in [0.1, 0.15) is 12.1 Å². The summed E-state index contributed by atoms with van der Waals surface area (Å²) < 4.78 is 1.83. The fourth-order valence-corrected chi connectivity index (χ4v) is 1.62. The Morgan fingerprint density at radius 1 is 1.87 bits per heavy atom. The van der Waals surface area contributed by atoms with E-state index in [1.165, 1.54) is 10.9 Å². The molecule has 80 valence electrons. The van der Waals surface area contributed by atoms with Gasteiger partial charge in [0, 0.05) is 6.20 Å². The summed E-state index contributed by atoms with van der Waals surface area (Å²) in [6.07, 6.45) is 2.76. The second kappa shape index (κ2) is 4.94. The Labute approximate surface area is 95.4 Å². The van der Waals surface area contributed by atoms with Gasteiger partial charge in [-0.05, 0) is 22.4 Å². The predicted octanol–water partition coefficient (Wildman–Crippen LogP) is 1.94. The molecule has 1 N–H and O–H groups in total. The molecule has 0 aromatic carbocycles. The van der Waals surface area contributed by atoms with Gasteiger partial charge in [0.15, 0.2) is 5.69 Å². The topological polar surface area (TPSA) is 78.9 Å². The lowest BCUT2D eigenvalue weighted by molar-refractivity contribution is -0.141. The van der Waals surface area contributed by atoms with Crippen LogP contribution in [0.5, 0.6) is 0 Å². The monoisotopic (exact) mass is 271 g/mol. The smallest absolute Gasteiger partial charge is 0.328 e. The first kappa shape index (κ1) is 11.7. The molecule has 1 atom stereocenters. The lowest BCUT2D eigenvalue weighted by atomic mass is 10.2. The van der Waals surface area contributed by atoms with Crippen LogP contribution in [0.4, 0.5) is 0 Å². The van der Waals surface area contributed by atoms with Gasteiger partial charge in [0.25, 0.3) is 0 Å². The molecule has 0 fully saturated rings. The predicted molar refractivity (Wildman–Crippen MR) is 56.2 cm³/mol. The molecular formula is C9H10BrN3O2. The van der Waals surface area contributed by atoms with E-state index in [1.807, 2.05) is 13.0 Å². The van der Waals surface area contributed by atoms with Crippen molar-refractivity contribution >= 4 is 21.9 Å². The van der Waals surface area contributed by atoms with Gasteiger partial charge in [-0.2, -0.15) is 10.4 Å². The molecule has 0 amide bonds. The van der Waals surface area contributed by atoms with Gasteiger partial charge < -0.3 is 5.11 Å². The maximum absolute atomic E-state index is 10.9. The third kappa shape index (κ3) is 2.57. The van der Waals surface area contributed by atoms with E-state index >= 15 is 0 Å². The maximum atomic E-state index is 10.9. The van der Waals surface area contributed by atoms with E-state index in [-0.39, 0.29) is 5.69 Å². The van der Waals surface area contributed by atoms with Gasteiger partial charge in [-0.1, -0.05) is 13.3 Å². The van der Waals surface area contributed by atoms with Crippen LogP contribution in [0.25, 0.3) is 0 Å². The highest BCUT2D eigenvalue weighted by atomic mass is 79.9. The van der Waals surface area contributed by atoms with Crippen LogP contribution in [-0.4, -0.2) is 20.9 Å². The number of hydrogen-bond acceptors (Lipinski definition) is 3. The van der Waals surface area contributed by atoms with Crippen molar-refractivity contribution in [3.8, 4) is 6.07 Å². The van der Waals surface area contributed by atoms with E-state index in [1.54, 1.807) is 0 Å². The van der Waals surface area contributed by atoms with Crippen molar-refractivity contribution in [1.82, 2.24) is 9.78 Å². The molecule has 1 aromatic rings. The highest BCUT2D eigenvalue weighted by Crippen LogP contribution is 2.19. The summed E-state index contributed by atoms with van der Waals surface area (Å²) >= 11 is 3.15. The summed E-state index contributed by atoms with van der Waals surface area (Å²) in [5.74, 6) is -0.934. The van der Waals surface area contributed by atoms with E-state index < -0.39 is 12.0 Å². The molecule has 1 heterocycles. The van der Waals surface area contributed by atoms with Crippen molar-refractivity contribution in [3.63, 3.8) is 0 Å². The molecule has 0 radical (unpaired) electrons. The standard InChI is InChI=1S/C9H10BrN3O2/c1-2-3-8(9(14)15)13-5-6(10)7(4-11)12-13/h5,8H,2-3H2,1H3,(H,14,15). The molecule has 1 rings (SSSR count). The molecule has 5 nitrogen and oxygen atoms in total. The Hall–Kier alpha value is -1.35. The van der Waals surface area contributed by atoms with Crippen molar-refractivity contribution in [1.29, 1.82) is 5.26 Å². The molecule has 0 aliphatic heterocycles. The number of aromatic nitrogens is 2. The van der Waals surface area contributed by atoms with Gasteiger partial charge in [-0.15, -0.1) is 0 Å². The Bertz CT molecular complexity index is 408. The SMILES string of the molecule is CCCC(C(=O)O)n1cc(Br)c(C#N)n1. The van der Waals surface area contributed by atoms with E-state index in [4.69, 9.17) is 10.4 Å². The lowest BCUT2D eigenvalue weighted by Gasteiger charge is -2.10. The second-order valence-corrected chi connectivity index (χ2v) is 3.91. The fraction of sp³-hybridized carbons (Fsp3) is 0.444. The van der Waals surface area contributed by atoms with Gasteiger partial charge >= 0.3 is 5.97 Å². The summed E-state index contributed by atoms with van der Waals surface area (Å²) in [5, 5.41) is 21.5. The number of nitriles is 1. The minimum atomic E-state index is -0.934. The van der Waals surface area contributed by atoms with Crippen molar-refractivity contribution in [2.45, 2.75) is 25.8 Å². The molecular weight excluding hydrogens is 262 g/mol. The molecule has 0 bridgehead atoms. The Kier molecular flexibility index (Phi) is 3.86. The Morgan fingerprint density at radius 3 is 2.93 bits per heavy atom. The van der Waals surface area contributed by atoms with Crippen LogP contribution in [0, 0.1) is 11.3 Å². The zero-order chi connectivity index (χ0) is 11.4. The quantitative estimate of drug-likeness (QED) is 0.908. The first-order valence-electron chi connectivity index (χ1n) is 4.47. The minimum Gasteiger partial charge on any atom is -0.480 e. The number of carboxylic acid groups (broad SMARTS) is 1. The van der Waals surface area contributed by atoms with Crippen LogP contribution in [0.2, 0.25) is 0 Å². The number of carbonyl (C=O) groups is 1. The summed E-state index contributed by atoms with van der Waals surface area (Å²) in [7, 11) is 0. The van der Waals surface area contributed by atoms with E-state index in [2.05, 4.69) is 21.0 Å². The summed E-state index contributed by atoms with van der Waals surface area (Å²) in [6.45, 7) is 1.90. The summed E-state index contributed by atoms with van der Waals surface area (Å²) in [5.41, 5.74) is 0.206. The van der Waals surface area contributed by atoms with E-state index in [0.29, 0.717) is 10.9 Å². The maximum Gasteiger partial charge on any atom is 0.328 e. The number of hydrogen-bond donors (Lipinski definition) is 1. The first-order chi connectivity index (χ1) is 7.10. The average molecular weight is 272 g/mol. The number of rotatable bonds is 4. The number of aliphatic carboxylic acids is 1. The minimum absolute atomic E-state index is 0.206. The molecule has 0 aliphatic carbocycles. The van der Waals surface area contributed by atoms with Crippen molar-refractivity contribution < 1.29 is 9.90 Å². The molecule has 0 spiro atoms. The summed E-state index contributed by atoms with van der Waals surface area (Å²) in [6, 6.07) is 1.18. The highest BCUT2D eigenvalue weighted by Gasteiger charge is 2.20. The molecule has 0 saturated heterocycles. The van der Waals surface area contributed by atoms with Gasteiger partial charge in [-0.25, -0.2) is 4.79 Å². The normalized spacial score (nSPS) is 12.1. The molecule has 6 heteroatoms. The third-order valence-electron chi connectivity index (χ3n) is 1.96. The van der Waals surface area contributed by atoms with Gasteiger partial charge in [0.2, 0.25) is 0 Å². The second-order valence-electron chi connectivity index (χ2n) is 3.06. The van der Waals surface area contributed by atoms with Crippen molar-refractivity contribution in [2.75, 3.05) is 0 Å². The molecule has 1 unspecified atom stereocenters. The first-order valence-corrected chi connectivity index (χ1v) is 5.27. The van der Waals surface area contributed by atoms with Crippen LogP contribution < -0.4 is 0 Å². The van der Waals surface area contributed by atoms with Crippen LogP contribution in [-0.2, 0) is 4.79 Å². The van der Waals surface area contributed by atoms with E-state index in [9.17, 15) is 4.79 Å². The summed E-state index contributed by atoms with van der Waals surface area (Å²) in [4.78, 5) is 10.9. The highest BCUT2D eigenvalue weighted by molar-refractivity contribution is 9.10. The number of carboxylic acids is 1. The van der Waals surface area contributed by atoms with Crippen molar-refractivity contribution in [3.05, 3.63) is 16.4 Å². The molecule has 15 heavy (non-hydrogen) atoms. The van der Waals surface area contributed by atoms with E-state index in [0.717, 1.165) is 6.42 Å². The molecule has 0 saturated carbocycles. The third-order valence-corrected chi connectivity index (χ3v) is 2.54. The van der Waals surface area contributed by atoms with Crippen LogP contribution in [0.15, 0.2) is 10.7 Å². The Balaban J connectivity index is 3.02. The zero-order valence-electron chi connectivity index (χ0n) is 8.14. The number of nitrogens with zero attached hydrogens (tertiary/aromatic N) is 3. The van der Waals surface area contributed by atoms with Gasteiger partial charge in [-0.3, -0.25) is 4.68 Å². The van der Waals surface area contributed by atoms with Crippen LogP contribution >= 0.6 is 15.9 Å². The molecule has 1 aromatic heterocycles. The van der Waals surface area contributed by atoms with Crippen LogP contribution in [0.1, 0.15) is 31.5 Å². The van der Waals surface area contributed by atoms with Crippen LogP contribution in [0.3, 0.4) is 0 Å². The zero-order valence-corrected chi connectivity index (χ0v) is 9.73. The largest absolute Gasteiger partial charge is 0.480 e. The Morgan fingerprint density at radius 2 is 2.53 bits per heavy atom. The van der Waals surface area contributed by atoms with Crippen molar-refractivity contribution in [2.24, 2.45) is 0 Å². The fourth-order valence-electron chi connectivity index (χ4n) is 1.25. The molecule has 0 aliphatic rings. The number of halogens is 1.